The minimum absolute atomic E-state index is 0.00811. The third-order valence-corrected chi connectivity index (χ3v) is 4.86. The van der Waals surface area contributed by atoms with Gasteiger partial charge in [-0.05, 0) is 48.8 Å². The number of hydrogen-bond donors (Lipinski definition) is 1. The monoisotopic (exact) mass is 311 g/mol. The molecular weight excluding hydrogens is 289 g/mol. The zero-order valence-corrected chi connectivity index (χ0v) is 13.6. The molecule has 0 saturated heterocycles. The Morgan fingerprint density at radius 1 is 1.38 bits per heavy atom. The average molecular weight is 312 g/mol. The van der Waals surface area contributed by atoms with Gasteiger partial charge >= 0.3 is 0 Å². The number of benzene rings is 1. The summed E-state index contributed by atoms with van der Waals surface area (Å²) in [6.45, 7) is 6.54. The minimum Gasteiger partial charge on any atom is -0.325 e. The molecule has 0 heterocycles. The molecule has 1 fully saturated rings. The molecule has 2 nitrogen and oxygen atoms in total. The van der Waals surface area contributed by atoms with Gasteiger partial charge in [0.1, 0.15) is 5.82 Å². The van der Waals surface area contributed by atoms with Gasteiger partial charge in [0.05, 0.1) is 10.7 Å². The van der Waals surface area contributed by atoms with E-state index in [4.69, 9.17) is 11.6 Å². The summed E-state index contributed by atoms with van der Waals surface area (Å²) in [4.78, 5) is 12.6. The molecule has 0 radical (unpaired) electrons. The molecule has 1 aliphatic rings. The Labute approximate surface area is 131 Å². The van der Waals surface area contributed by atoms with E-state index in [0.717, 1.165) is 12.8 Å². The topological polar surface area (TPSA) is 29.1 Å². The molecule has 1 aromatic carbocycles. The third kappa shape index (κ3) is 3.97. The van der Waals surface area contributed by atoms with E-state index in [1.54, 1.807) is 0 Å². The van der Waals surface area contributed by atoms with Crippen molar-refractivity contribution in [2.75, 3.05) is 5.32 Å². The van der Waals surface area contributed by atoms with Crippen molar-refractivity contribution in [1.29, 1.82) is 0 Å². The lowest BCUT2D eigenvalue weighted by Gasteiger charge is -2.36. The lowest BCUT2D eigenvalue weighted by Crippen LogP contribution is -2.36. The molecule has 2 rings (SSSR count). The fourth-order valence-corrected chi connectivity index (χ4v) is 3.53. The number of hydrogen-bond acceptors (Lipinski definition) is 1. The molecule has 4 heteroatoms. The number of rotatable bonds is 3. The first kappa shape index (κ1) is 16.3. The van der Waals surface area contributed by atoms with Gasteiger partial charge in [-0.1, -0.05) is 38.8 Å². The van der Waals surface area contributed by atoms with Crippen molar-refractivity contribution in [1.82, 2.24) is 0 Å². The SMILES string of the molecule is CC(C)[C@@H]1CC[C@@H](C)C[C@H]1C(=O)Nc1ccc(F)cc1Cl. The molecule has 3 atom stereocenters. The van der Waals surface area contributed by atoms with E-state index in [1.807, 2.05) is 0 Å². The summed E-state index contributed by atoms with van der Waals surface area (Å²) in [6.07, 6.45) is 3.19. The van der Waals surface area contributed by atoms with Crippen LogP contribution in [0.3, 0.4) is 0 Å². The second-order valence-corrected chi connectivity index (χ2v) is 6.95. The van der Waals surface area contributed by atoms with Crippen LogP contribution in [0, 0.1) is 29.5 Å². The first-order chi connectivity index (χ1) is 9.88. The Morgan fingerprint density at radius 2 is 2.10 bits per heavy atom. The van der Waals surface area contributed by atoms with Crippen LogP contribution in [0.5, 0.6) is 0 Å². The summed E-state index contributed by atoms with van der Waals surface area (Å²) in [6, 6.07) is 4.05. The van der Waals surface area contributed by atoms with Crippen molar-refractivity contribution < 1.29 is 9.18 Å². The fraction of sp³-hybridized carbons (Fsp3) is 0.588. The van der Waals surface area contributed by atoms with Gasteiger partial charge in [0.2, 0.25) is 5.91 Å². The molecule has 1 aliphatic carbocycles. The Kier molecular flexibility index (Phi) is 5.26. The number of carbonyl (C=O) groups is 1. The number of anilines is 1. The lowest BCUT2D eigenvalue weighted by molar-refractivity contribution is -0.123. The second-order valence-electron chi connectivity index (χ2n) is 6.55. The van der Waals surface area contributed by atoms with Crippen LogP contribution < -0.4 is 5.32 Å². The van der Waals surface area contributed by atoms with E-state index in [-0.39, 0.29) is 16.8 Å². The van der Waals surface area contributed by atoms with Crippen molar-refractivity contribution in [2.24, 2.45) is 23.7 Å². The van der Waals surface area contributed by atoms with Crippen LogP contribution in [0.25, 0.3) is 0 Å². The van der Waals surface area contributed by atoms with Crippen molar-refractivity contribution >= 4 is 23.2 Å². The predicted octanol–water partition coefficient (Wildman–Crippen LogP) is 5.13. The highest BCUT2D eigenvalue weighted by Gasteiger charge is 2.35. The molecule has 0 bridgehead atoms. The van der Waals surface area contributed by atoms with Gasteiger partial charge in [-0.15, -0.1) is 0 Å². The average Bonchev–Trinajstić information content (AvgIpc) is 2.41. The predicted molar refractivity (Wildman–Crippen MR) is 84.9 cm³/mol. The van der Waals surface area contributed by atoms with Crippen LogP contribution >= 0.6 is 11.6 Å². The van der Waals surface area contributed by atoms with Crippen LogP contribution in [0.4, 0.5) is 10.1 Å². The van der Waals surface area contributed by atoms with E-state index >= 15 is 0 Å². The Bertz CT molecular complexity index is 518. The van der Waals surface area contributed by atoms with Gasteiger partial charge in [0, 0.05) is 5.92 Å². The number of carbonyl (C=O) groups excluding carboxylic acids is 1. The van der Waals surface area contributed by atoms with Gasteiger partial charge in [-0.3, -0.25) is 4.79 Å². The fourth-order valence-electron chi connectivity index (χ4n) is 3.32. The first-order valence-electron chi connectivity index (χ1n) is 7.64. The third-order valence-electron chi connectivity index (χ3n) is 4.55. The number of nitrogens with one attached hydrogen (secondary N) is 1. The second kappa shape index (κ2) is 6.78. The molecule has 0 aliphatic heterocycles. The minimum atomic E-state index is -0.399. The molecule has 116 valence electrons. The van der Waals surface area contributed by atoms with Crippen molar-refractivity contribution in [3.05, 3.63) is 29.0 Å². The summed E-state index contributed by atoms with van der Waals surface area (Å²) >= 11 is 5.99. The molecule has 1 N–H and O–H groups in total. The molecule has 0 unspecified atom stereocenters. The maximum atomic E-state index is 13.1. The molecule has 1 amide bonds. The van der Waals surface area contributed by atoms with Gasteiger partial charge in [-0.2, -0.15) is 0 Å². The number of halogens is 2. The molecule has 1 aromatic rings. The first-order valence-corrected chi connectivity index (χ1v) is 8.02. The van der Waals surface area contributed by atoms with E-state index < -0.39 is 5.82 Å². The summed E-state index contributed by atoms with van der Waals surface area (Å²) < 4.78 is 13.1. The van der Waals surface area contributed by atoms with E-state index in [2.05, 4.69) is 26.1 Å². The Balaban J connectivity index is 2.13. The van der Waals surface area contributed by atoms with Crippen LogP contribution in [0.1, 0.15) is 40.0 Å². The number of amides is 1. The van der Waals surface area contributed by atoms with E-state index in [1.165, 1.54) is 24.6 Å². The van der Waals surface area contributed by atoms with E-state index in [9.17, 15) is 9.18 Å². The van der Waals surface area contributed by atoms with Gasteiger partial charge in [0.25, 0.3) is 0 Å². The van der Waals surface area contributed by atoms with Gasteiger partial charge < -0.3 is 5.32 Å². The van der Waals surface area contributed by atoms with Gasteiger partial charge in [0.15, 0.2) is 0 Å². The molecule has 1 saturated carbocycles. The summed E-state index contributed by atoms with van der Waals surface area (Å²) in [5, 5.41) is 3.12. The van der Waals surface area contributed by atoms with Crippen molar-refractivity contribution in [3.63, 3.8) is 0 Å². The zero-order chi connectivity index (χ0) is 15.6. The maximum absolute atomic E-state index is 13.1. The van der Waals surface area contributed by atoms with Crippen molar-refractivity contribution in [3.8, 4) is 0 Å². The summed E-state index contributed by atoms with van der Waals surface area (Å²) in [7, 11) is 0. The lowest BCUT2D eigenvalue weighted by atomic mass is 9.70. The van der Waals surface area contributed by atoms with Crippen LogP contribution in [0.15, 0.2) is 18.2 Å². The highest BCUT2D eigenvalue weighted by Crippen LogP contribution is 2.38. The molecular formula is C17H23ClFNO. The molecule has 0 aromatic heterocycles. The maximum Gasteiger partial charge on any atom is 0.227 e. The highest BCUT2D eigenvalue weighted by molar-refractivity contribution is 6.33. The Hall–Kier alpha value is -1.09. The highest BCUT2D eigenvalue weighted by atomic mass is 35.5. The standard InChI is InChI=1S/C17H23ClFNO/c1-10(2)13-6-4-11(3)8-14(13)17(21)20-16-7-5-12(19)9-15(16)18/h5,7,9-11,13-14H,4,6,8H2,1-3H3,(H,20,21)/t11-,13+,14-/m1/s1. The summed E-state index contributed by atoms with van der Waals surface area (Å²) in [5.41, 5.74) is 0.490. The summed E-state index contributed by atoms with van der Waals surface area (Å²) in [5.74, 6) is 1.07. The van der Waals surface area contributed by atoms with Crippen LogP contribution in [0.2, 0.25) is 5.02 Å². The van der Waals surface area contributed by atoms with E-state index in [0.29, 0.717) is 23.4 Å². The van der Waals surface area contributed by atoms with Crippen molar-refractivity contribution in [2.45, 2.75) is 40.0 Å². The quantitative estimate of drug-likeness (QED) is 0.824. The van der Waals surface area contributed by atoms with Crippen LogP contribution in [-0.4, -0.2) is 5.91 Å². The smallest absolute Gasteiger partial charge is 0.227 e. The zero-order valence-electron chi connectivity index (χ0n) is 12.8. The Morgan fingerprint density at radius 3 is 2.71 bits per heavy atom. The molecule has 21 heavy (non-hydrogen) atoms. The van der Waals surface area contributed by atoms with Crippen LogP contribution in [-0.2, 0) is 4.79 Å². The van der Waals surface area contributed by atoms with Gasteiger partial charge in [-0.25, -0.2) is 4.39 Å². The largest absolute Gasteiger partial charge is 0.325 e. The molecule has 0 spiro atoms. The normalized spacial score (nSPS) is 25.9.